The van der Waals surface area contributed by atoms with E-state index >= 15 is 0 Å². The maximum absolute atomic E-state index is 13.5. The van der Waals surface area contributed by atoms with Crippen molar-refractivity contribution in [3.8, 4) is 0 Å². The van der Waals surface area contributed by atoms with Gasteiger partial charge in [-0.3, -0.25) is 19.4 Å². The highest BCUT2D eigenvalue weighted by molar-refractivity contribution is 5.85. The molecule has 1 aromatic carbocycles. The van der Waals surface area contributed by atoms with Crippen LogP contribution >= 0.6 is 12.4 Å². The Hall–Kier alpha value is -1.70. The number of rotatable bonds is 8. The van der Waals surface area contributed by atoms with Crippen LogP contribution in [0.25, 0.3) is 0 Å². The SMILES string of the molecule is CCN(CC(=O)O)C1CCN(CC(=O)NCc2ccc(C)c(F)c2)CC1.Cl. The number of aryl methyl sites for hydroxylation is 1. The van der Waals surface area contributed by atoms with Crippen molar-refractivity contribution in [1.29, 1.82) is 0 Å². The zero-order valence-corrected chi connectivity index (χ0v) is 16.7. The first kappa shape index (κ1) is 23.3. The number of hydrogen-bond donors (Lipinski definition) is 2. The van der Waals surface area contributed by atoms with Crippen LogP contribution in [0.5, 0.6) is 0 Å². The van der Waals surface area contributed by atoms with E-state index in [4.69, 9.17) is 5.11 Å². The van der Waals surface area contributed by atoms with Gasteiger partial charge in [0.1, 0.15) is 5.82 Å². The molecule has 1 amide bonds. The van der Waals surface area contributed by atoms with Crippen LogP contribution in [0.2, 0.25) is 0 Å². The lowest BCUT2D eigenvalue weighted by atomic mass is 10.0. The highest BCUT2D eigenvalue weighted by Crippen LogP contribution is 2.16. The summed E-state index contributed by atoms with van der Waals surface area (Å²) in [6.07, 6.45) is 1.72. The monoisotopic (exact) mass is 401 g/mol. The number of piperidine rings is 1. The van der Waals surface area contributed by atoms with Gasteiger partial charge in [-0.2, -0.15) is 0 Å². The molecule has 0 spiro atoms. The zero-order chi connectivity index (χ0) is 19.1. The second-order valence-electron chi connectivity index (χ2n) is 6.82. The molecule has 152 valence electrons. The molecule has 0 bridgehead atoms. The van der Waals surface area contributed by atoms with Gasteiger partial charge in [0.15, 0.2) is 0 Å². The van der Waals surface area contributed by atoms with E-state index in [2.05, 4.69) is 10.2 Å². The molecule has 2 rings (SSSR count). The number of likely N-dealkylation sites (tertiary alicyclic amines) is 1. The minimum atomic E-state index is -0.804. The maximum Gasteiger partial charge on any atom is 0.317 e. The normalized spacial score (nSPS) is 15.4. The molecule has 2 N–H and O–H groups in total. The molecule has 0 radical (unpaired) electrons. The van der Waals surface area contributed by atoms with Crippen LogP contribution in [0.4, 0.5) is 4.39 Å². The summed E-state index contributed by atoms with van der Waals surface area (Å²) in [6.45, 7) is 6.62. The number of aliphatic carboxylic acids is 1. The third-order valence-corrected chi connectivity index (χ3v) is 4.91. The lowest BCUT2D eigenvalue weighted by Gasteiger charge is -2.37. The molecule has 6 nitrogen and oxygen atoms in total. The Labute approximate surface area is 166 Å². The predicted molar refractivity (Wildman–Crippen MR) is 105 cm³/mol. The van der Waals surface area contributed by atoms with Gasteiger partial charge in [0.2, 0.25) is 5.91 Å². The van der Waals surface area contributed by atoms with Crippen molar-refractivity contribution in [2.75, 3.05) is 32.7 Å². The second-order valence-corrected chi connectivity index (χ2v) is 6.82. The number of likely N-dealkylation sites (N-methyl/N-ethyl adjacent to an activating group) is 1. The van der Waals surface area contributed by atoms with E-state index in [0.717, 1.165) is 31.5 Å². The quantitative estimate of drug-likeness (QED) is 0.697. The van der Waals surface area contributed by atoms with E-state index in [1.54, 1.807) is 13.0 Å². The first-order valence-corrected chi connectivity index (χ1v) is 9.09. The average molecular weight is 402 g/mol. The van der Waals surface area contributed by atoms with Gasteiger partial charge >= 0.3 is 5.97 Å². The van der Waals surface area contributed by atoms with Gasteiger partial charge in [-0.1, -0.05) is 19.1 Å². The van der Waals surface area contributed by atoms with Gasteiger partial charge in [-0.05, 0) is 43.5 Å². The predicted octanol–water partition coefficient (Wildman–Crippen LogP) is 2.04. The van der Waals surface area contributed by atoms with Crippen molar-refractivity contribution in [2.24, 2.45) is 0 Å². The molecule has 1 aliphatic heterocycles. The van der Waals surface area contributed by atoms with Gasteiger partial charge in [-0.25, -0.2) is 4.39 Å². The van der Waals surface area contributed by atoms with Crippen molar-refractivity contribution in [3.05, 3.63) is 35.1 Å². The van der Waals surface area contributed by atoms with E-state index in [-0.39, 0.29) is 36.7 Å². The van der Waals surface area contributed by atoms with Crippen LogP contribution in [0.15, 0.2) is 18.2 Å². The van der Waals surface area contributed by atoms with E-state index in [0.29, 0.717) is 25.2 Å². The van der Waals surface area contributed by atoms with Crippen LogP contribution in [0.1, 0.15) is 30.9 Å². The smallest absolute Gasteiger partial charge is 0.317 e. The van der Waals surface area contributed by atoms with Crippen molar-refractivity contribution in [1.82, 2.24) is 15.1 Å². The fourth-order valence-corrected chi connectivity index (χ4v) is 3.32. The van der Waals surface area contributed by atoms with Crippen LogP contribution < -0.4 is 5.32 Å². The Bertz CT molecular complexity index is 637. The lowest BCUT2D eigenvalue weighted by Crippen LogP contribution is -2.48. The Morgan fingerprint density at radius 3 is 2.56 bits per heavy atom. The first-order chi connectivity index (χ1) is 12.4. The second kappa shape index (κ2) is 11.2. The number of nitrogens with zero attached hydrogens (tertiary/aromatic N) is 2. The molecule has 1 aromatic rings. The number of carbonyl (C=O) groups excluding carboxylic acids is 1. The van der Waals surface area contributed by atoms with Crippen LogP contribution in [-0.2, 0) is 16.1 Å². The number of amides is 1. The summed E-state index contributed by atoms with van der Waals surface area (Å²) in [6, 6.07) is 5.22. The van der Waals surface area contributed by atoms with E-state index in [1.807, 2.05) is 17.9 Å². The fourth-order valence-electron chi connectivity index (χ4n) is 3.32. The third-order valence-electron chi connectivity index (χ3n) is 4.91. The molecule has 0 aromatic heterocycles. The van der Waals surface area contributed by atoms with Crippen LogP contribution in [0.3, 0.4) is 0 Å². The van der Waals surface area contributed by atoms with Crippen molar-refractivity contribution in [3.63, 3.8) is 0 Å². The number of benzene rings is 1. The van der Waals surface area contributed by atoms with E-state index < -0.39 is 5.97 Å². The molecular weight excluding hydrogens is 373 g/mol. The Kier molecular flexibility index (Phi) is 9.69. The van der Waals surface area contributed by atoms with Gasteiger partial charge < -0.3 is 10.4 Å². The van der Waals surface area contributed by atoms with Crippen LogP contribution in [-0.4, -0.2) is 65.5 Å². The topological polar surface area (TPSA) is 72.9 Å². The molecule has 1 fully saturated rings. The number of halogens is 2. The van der Waals surface area contributed by atoms with Gasteiger partial charge in [0, 0.05) is 25.7 Å². The largest absolute Gasteiger partial charge is 0.480 e. The number of carboxylic acids is 1. The summed E-state index contributed by atoms with van der Waals surface area (Å²) in [5.74, 6) is -1.15. The third kappa shape index (κ3) is 7.44. The minimum absolute atomic E-state index is 0. The summed E-state index contributed by atoms with van der Waals surface area (Å²) in [4.78, 5) is 27.1. The van der Waals surface area contributed by atoms with Crippen molar-refractivity contribution in [2.45, 2.75) is 39.3 Å². The lowest BCUT2D eigenvalue weighted by molar-refractivity contribution is -0.139. The molecule has 1 aliphatic rings. The Balaban J connectivity index is 0.00000364. The van der Waals surface area contributed by atoms with Crippen molar-refractivity contribution >= 4 is 24.3 Å². The molecular formula is C19H29ClFN3O3. The molecule has 0 unspecified atom stereocenters. The van der Waals surface area contributed by atoms with Gasteiger partial charge in [0.25, 0.3) is 0 Å². The average Bonchev–Trinajstić information content (AvgIpc) is 2.61. The molecule has 1 saturated heterocycles. The summed E-state index contributed by atoms with van der Waals surface area (Å²) in [7, 11) is 0. The van der Waals surface area contributed by atoms with E-state index in [1.165, 1.54) is 6.07 Å². The number of nitrogens with one attached hydrogen (secondary N) is 1. The zero-order valence-electron chi connectivity index (χ0n) is 15.9. The fraction of sp³-hybridized carbons (Fsp3) is 0.579. The Morgan fingerprint density at radius 2 is 2.00 bits per heavy atom. The molecule has 0 aliphatic carbocycles. The maximum atomic E-state index is 13.5. The summed E-state index contributed by atoms with van der Waals surface area (Å²) in [5.41, 5.74) is 1.33. The summed E-state index contributed by atoms with van der Waals surface area (Å²) >= 11 is 0. The van der Waals surface area contributed by atoms with E-state index in [9.17, 15) is 14.0 Å². The number of carboxylic acid groups (broad SMARTS) is 1. The highest BCUT2D eigenvalue weighted by atomic mass is 35.5. The minimum Gasteiger partial charge on any atom is -0.480 e. The summed E-state index contributed by atoms with van der Waals surface area (Å²) < 4.78 is 13.5. The van der Waals surface area contributed by atoms with Gasteiger partial charge in [-0.15, -0.1) is 12.4 Å². The highest BCUT2D eigenvalue weighted by Gasteiger charge is 2.25. The number of carbonyl (C=O) groups is 2. The molecule has 1 heterocycles. The van der Waals surface area contributed by atoms with Gasteiger partial charge in [0.05, 0.1) is 13.1 Å². The number of hydrogen-bond acceptors (Lipinski definition) is 4. The molecule has 0 saturated carbocycles. The summed E-state index contributed by atoms with van der Waals surface area (Å²) in [5, 5.41) is 11.8. The van der Waals surface area contributed by atoms with Crippen molar-refractivity contribution < 1.29 is 19.1 Å². The first-order valence-electron chi connectivity index (χ1n) is 9.09. The Morgan fingerprint density at radius 1 is 1.33 bits per heavy atom. The standard InChI is InChI=1S/C19H28FN3O3.ClH/c1-3-23(13-19(25)26)16-6-8-22(9-7-16)12-18(24)21-11-15-5-4-14(2)17(20)10-15;/h4-5,10,16H,3,6-9,11-13H2,1-2H3,(H,21,24)(H,25,26);1H. The molecule has 0 atom stereocenters. The molecule has 27 heavy (non-hydrogen) atoms. The van der Waals surface area contributed by atoms with Crippen LogP contribution in [0, 0.1) is 12.7 Å². The molecule has 8 heteroatoms.